The van der Waals surface area contributed by atoms with Crippen molar-refractivity contribution < 1.29 is 16.8 Å². The lowest BCUT2D eigenvalue weighted by Crippen LogP contribution is -2.33. The maximum absolute atomic E-state index is 12.7. The minimum absolute atomic E-state index is 0.00457. The molecule has 0 spiro atoms. The molecule has 0 aliphatic rings. The van der Waals surface area contributed by atoms with Gasteiger partial charge in [-0.3, -0.25) is 0 Å². The van der Waals surface area contributed by atoms with Gasteiger partial charge in [-0.1, -0.05) is 13.8 Å². The van der Waals surface area contributed by atoms with Gasteiger partial charge >= 0.3 is 0 Å². The van der Waals surface area contributed by atoms with Crippen LogP contribution in [0.4, 0.5) is 0 Å². The second kappa shape index (κ2) is 7.47. The second-order valence-corrected chi connectivity index (χ2v) is 10.4. The fourth-order valence-electron chi connectivity index (χ4n) is 2.40. The van der Waals surface area contributed by atoms with Crippen molar-refractivity contribution in [3.8, 4) is 0 Å². The SMILES string of the molecule is CC(C)C(NS(=O)(=O)c1ccc(S(=O)(=O)N(C)C)cc1)c1nccn1C. The molecule has 8 nitrogen and oxygen atoms in total. The molecule has 0 amide bonds. The summed E-state index contributed by atoms with van der Waals surface area (Å²) < 4.78 is 55.2. The van der Waals surface area contributed by atoms with Gasteiger partial charge in [0.15, 0.2) is 0 Å². The number of sulfonamides is 2. The largest absolute Gasteiger partial charge is 0.337 e. The van der Waals surface area contributed by atoms with E-state index in [2.05, 4.69) is 9.71 Å². The summed E-state index contributed by atoms with van der Waals surface area (Å²) in [5.41, 5.74) is 0. The van der Waals surface area contributed by atoms with E-state index < -0.39 is 26.1 Å². The van der Waals surface area contributed by atoms with Gasteiger partial charge in [-0.15, -0.1) is 0 Å². The first-order valence-corrected chi connectivity index (χ1v) is 10.9. The highest BCUT2D eigenvalue weighted by Crippen LogP contribution is 2.23. The molecule has 0 aliphatic carbocycles. The quantitative estimate of drug-likeness (QED) is 0.756. The van der Waals surface area contributed by atoms with E-state index >= 15 is 0 Å². The molecule has 0 saturated carbocycles. The summed E-state index contributed by atoms with van der Waals surface area (Å²) >= 11 is 0. The second-order valence-electron chi connectivity index (χ2n) is 6.50. The first-order valence-electron chi connectivity index (χ1n) is 7.99. The fraction of sp³-hybridized carbons (Fsp3) is 0.438. The Balaban J connectivity index is 2.34. The standard InChI is InChI=1S/C16H24N4O4S2/c1-12(2)15(16-17-10-11-20(16)5)18-25(21,22)13-6-8-14(9-7-13)26(23,24)19(3)4/h6-12,15,18H,1-5H3. The minimum atomic E-state index is -3.84. The van der Waals surface area contributed by atoms with Crippen LogP contribution in [0.2, 0.25) is 0 Å². The zero-order valence-electron chi connectivity index (χ0n) is 15.4. The van der Waals surface area contributed by atoms with Crippen molar-refractivity contribution in [2.45, 2.75) is 29.7 Å². The van der Waals surface area contributed by atoms with Crippen LogP contribution in [0, 0.1) is 5.92 Å². The number of aryl methyl sites for hydroxylation is 1. The Kier molecular flexibility index (Phi) is 5.91. The predicted octanol–water partition coefficient (Wildman–Crippen LogP) is 1.35. The average Bonchev–Trinajstić information content (AvgIpc) is 2.98. The van der Waals surface area contributed by atoms with Crippen LogP contribution in [-0.4, -0.2) is 44.8 Å². The molecule has 26 heavy (non-hydrogen) atoms. The van der Waals surface area contributed by atoms with Gasteiger partial charge < -0.3 is 4.57 Å². The Hall–Kier alpha value is -1.75. The molecule has 10 heteroatoms. The van der Waals surface area contributed by atoms with Gasteiger partial charge in [0, 0.05) is 33.5 Å². The lowest BCUT2D eigenvalue weighted by Gasteiger charge is -2.22. The van der Waals surface area contributed by atoms with Gasteiger partial charge in [-0.2, -0.15) is 0 Å². The van der Waals surface area contributed by atoms with Gasteiger partial charge in [-0.05, 0) is 30.2 Å². The zero-order chi connectivity index (χ0) is 19.7. The smallest absolute Gasteiger partial charge is 0.242 e. The van der Waals surface area contributed by atoms with Crippen molar-refractivity contribution in [1.82, 2.24) is 18.6 Å². The van der Waals surface area contributed by atoms with Crippen LogP contribution in [0.15, 0.2) is 46.5 Å². The molecule has 1 aromatic carbocycles. The summed E-state index contributed by atoms with van der Waals surface area (Å²) in [4.78, 5) is 4.26. The number of nitrogens with one attached hydrogen (secondary N) is 1. The summed E-state index contributed by atoms with van der Waals surface area (Å²) in [5, 5.41) is 0. The molecule has 2 aromatic rings. The maximum atomic E-state index is 12.7. The maximum Gasteiger partial charge on any atom is 0.242 e. The highest BCUT2D eigenvalue weighted by molar-refractivity contribution is 7.89. The van der Waals surface area contributed by atoms with Crippen molar-refractivity contribution >= 4 is 20.0 Å². The normalized spacial score (nSPS) is 14.1. The third kappa shape index (κ3) is 4.14. The summed E-state index contributed by atoms with van der Waals surface area (Å²) in [5.74, 6) is 0.578. The monoisotopic (exact) mass is 400 g/mol. The Morgan fingerprint density at radius 1 is 1.04 bits per heavy atom. The molecule has 0 radical (unpaired) electrons. The number of nitrogens with zero attached hydrogens (tertiary/aromatic N) is 3. The number of imidazole rings is 1. The third-order valence-corrected chi connectivity index (χ3v) is 7.28. The molecule has 1 atom stereocenters. The molecule has 144 valence electrons. The van der Waals surface area contributed by atoms with E-state index in [1.54, 1.807) is 24.0 Å². The van der Waals surface area contributed by atoms with Crippen LogP contribution in [0.1, 0.15) is 25.7 Å². The molecule has 0 aliphatic heterocycles. The van der Waals surface area contributed by atoms with E-state index in [1.807, 2.05) is 13.8 Å². The van der Waals surface area contributed by atoms with Crippen LogP contribution >= 0.6 is 0 Å². The third-order valence-electron chi connectivity index (χ3n) is 4.00. The molecule has 1 aromatic heterocycles. The van der Waals surface area contributed by atoms with Crippen molar-refractivity contribution in [3.63, 3.8) is 0 Å². The van der Waals surface area contributed by atoms with E-state index in [1.165, 1.54) is 38.4 Å². The summed E-state index contributed by atoms with van der Waals surface area (Å²) in [6.45, 7) is 3.79. The van der Waals surface area contributed by atoms with Crippen molar-refractivity contribution in [2.24, 2.45) is 13.0 Å². The molecule has 0 fully saturated rings. The number of hydrogen-bond donors (Lipinski definition) is 1. The van der Waals surface area contributed by atoms with Gasteiger partial charge in [-0.25, -0.2) is 30.8 Å². The van der Waals surface area contributed by atoms with E-state index in [0.717, 1.165) is 4.31 Å². The summed E-state index contributed by atoms with van der Waals surface area (Å²) in [6, 6.07) is 4.64. The van der Waals surface area contributed by atoms with Crippen LogP contribution in [0.5, 0.6) is 0 Å². The Labute approximate surface area is 155 Å². The van der Waals surface area contributed by atoms with Crippen LogP contribution < -0.4 is 4.72 Å². The Bertz CT molecular complexity index is 962. The minimum Gasteiger partial charge on any atom is -0.337 e. The van der Waals surface area contributed by atoms with E-state index in [4.69, 9.17) is 0 Å². The lowest BCUT2D eigenvalue weighted by atomic mass is 10.1. The van der Waals surface area contributed by atoms with E-state index in [0.29, 0.717) is 5.82 Å². The molecule has 1 heterocycles. The van der Waals surface area contributed by atoms with Crippen molar-refractivity contribution in [3.05, 3.63) is 42.5 Å². The van der Waals surface area contributed by atoms with Gasteiger partial charge in [0.1, 0.15) is 5.82 Å². The first-order chi connectivity index (χ1) is 12.0. The van der Waals surface area contributed by atoms with Crippen molar-refractivity contribution in [2.75, 3.05) is 14.1 Å². The first kappa shape index (κ1) is 20.6. The lowest BCUT2D eigenvalue weighted by molar-refractivity contribution is 0.435. The van der Waals surface area contributed by atoms with E-state index in [-0.39, 0.29) is 15.7 Å². The zero-order valence-corrected chi connectivity index (χ0v) is 17.0. The number of hydrogen-bond acceptors (Lipinski definition) is 5. The average molecular weight is 401 g/mol. The van der Waals surface area contributed by atoms with Gasteiger partial charge in [0.25, 0.3) is 0 Å². The number of rotatable bonds is 7. The van der Waals surface area contributed by atoms with Crippen LogP contribution in [-0.2, 0) is 27.1 Å². The molecule has 2 rings (SSSR count). The van der Waals surface area contributed by atoms with Gasteiger partial charge in [0.05, 0.1) is 15.8 Å². The molecular weight excluding hydrogens is 376 g/mol. The summed E-state index contributed by atoms with van der Waals surface area (Å²) in [6.07, 6.45) is 3.36. The molecule has 0 saturated heterocycles. The fourth-order valence-corrected chi connectivity index (χ4v) is 4.64. The van der Waals surface area contributed by atoms with Gasteiger partial charge in [0.2, 0.25) is 20.0 Å². The Morgan fingerprint density at radius 2 is 1.58 bits per heavy atom. The molecule has 1 unspecified atom stereocenters. The van der Waals surface area contributed by atoms with Crippen LogP contribution in [0.3, 0.4) is 0 Å². The van der Waals surface area contributed by atoms with Crippen LogP contribution in [0.25, 0.3) is 0 Å². The highest BCUT2D eigenvalue weighted by Gasteiger charge is 2.27. The molecule has 0 bridgehead atoms. The number of benzene rings is 1. The highest BCUT2D eigenvalue weighted by atomic mass is 32.2. The molecule has 1 N–H and O–H groups in total. The number of aromatic nitrogens is 2. The Morgan fingerprint density at radius 3 is 2.00 bits per heavy atom. The van der Waals surface area contributed by atoms with Crippen molar-refractivity contribution in [1.29, 1.82) is 0 Å². The molecular formula is C16H24N4O4S2. The predicted molar refractivity (Wildman–Crippen MR) is 98.4 cm³/mol. The van der Waals surface area contributed by atoms with E-state index in [9.17, 15) is 16.8 Å². The summed E-state index contributed by atoms with van der Waals surface area (Å²) in [7, 11) is -2.82. The topological polar surface area (TPSA) is 101 Å².